The van der Waals surface area contributed by atoms with E-state index in [1.54, 1.807) is 28.2 Å². The maximum absolute atomic E-state index is 14.1. The average molecular weight is 435 g/mol. The van der Waals surface area contributed by atoms with Crippen molar-refractivity contribution in [1.82, 2.24) is 24.1 Å². The zero-order chi connectivity index (χ0) is 22.5. The van der Waals surface area contributed by atoms with Crippen molar-refractivity contribution in [2.45, 2.75) is 13.5 Å². The van der Waals surface area contributed by atoms with Crippen molar-refractivity contribution in [3.05, 3.63) is 106 Å². The molecule has 7 heteroatoms. The lowest BCUT2D eigenvalue weighted by Gasteiger charge is -2.11. The van der Waals surface area contributed by atoms with E-state index in [-0.39, 0.29) is 11.4 Å². The van der Waals surface area contributed by atoms with Gasteiger partial charge in [-0.2, -0.15) is 0 Å². The number of hydrogen-bond donors (Lipinski definition) is 0. The van der Waals surface area contributed by atoms with Crippen molar-refractivity contribution >= 4 is 33.2 Å². The van der Waals surface area contributed by atoms with E-state index in [4.69, 9.17) is 15.0 Å². The summed E-state index contributed by atoms with van der Waals surface area (Å²) >= 11 is 0. The molecule has 0 radical (unpaired) electrons. The van der Waals surface area contributed by atoms with Crippen LogP contribution >= 0.6 is 0 Å². The molecule has 160 valence electrons. The predicted octanol–water partition coefficient (Wildman–Crippen LogP) is 4.78. The minimum Gasteiger partial charge on any atom is -0.292 e. The highest BCUT2D eigenvalue weighted by Crippen LogP contribution is 2.29. The van der Waals surface area contributed by atoms with Crippen LogP contribution < -0.4 is 5.56 Å². The van der Waals surface area contributed by atoms with E-state index < -0.39 is 0 Å². The van der Waals surface area contributed by atoms with Crippen LogP contribution in [0.25, 0.3) is 38.9 Å². The monoisotopic (exact) mass is 435 g/mol. The Morgan fingerprint density at radius 2 is 1.55 bits per heavy atom. The largest absolute Gasteiger partial charge is 0.292 e. The van der Waals surface area contributed by atoms with E-state index in [1.807, 2.05) is 54.6 Å². The van der Waals surface area contributed by atoms with Crippen molar-refractivity contribution in [3.63, 3.8) is 0 Å². The van der Waals surface area contributed by atoms with E-state index in [0.717, 1.165) is 5.56 Å². The third-order valence-electron chi connectivity index (χ3n) is 5.80. The van der Waals surface area contributed by atoms with Crippen LogP contribution in [0.15, 0.2) is 83.7 Å². The molecule has 6 rings (SSSR count). The van der Waals surface area contributed by atoms with Crippen LogP contribution in [0.2, 0.25) is 0 Å². The Balaban J connectivity index is 1.75. The second-order valence-electron chi connectivity index (χ2n) is 7.93. The van der Waals surface area contributed by atoms with Crippen molar-refractivity contribution in [1.29, 1.82) is 0 Å². The molecular weight excluding hydrogens is 417 g/mol. The van der Waals surface area contributed by atoms with Crippen molar-refractivity contribution in [2.24, 2.45) is 0 Å². The highest BCUT2D eigenvalue weighted by molar-refractivity contribution is 6.05. The lowest BCUT2D eigenvalue weighted by Crippen LogP contribution is -2.24. The first-order chi connectivity index (χ1) is 16.1. The zero-order valence-corrected chi connectivity index (χ0v) is 17.7. The summed E-state index contributed by atoms with van der Waals surface area (Å²) in [6.07, 6.45) is 0. The Hall–Kier alpha value is -4.39. The van der Waals surface area contributed by atoms with Gasteiger partial charge in [-0.15, -0.1) is 0 Å². The predicted molar refractivity (Wildman–Crippen MR) is 126 cm³/mol. The van der Waals surface area contributed by atoms with E-state index in [0.29, 0.717) is 51.3 Å². The minimum absolute atomic E-state index is 0.203. The first-order valence-corrected chi connectivity index (χ1v) is 10.6. The fourth-order valence-electron chi connectivity index (χ4n) is 4.24. The van der Waals surface area contributed by atoms with E-state index in [9.17, 15) is 9.18 Å². The molecule has 6 nitrogen and oxygen atoms in total. The van der Waals surface area contributed by atoms with Crippen LogP contribution in [0.4, 0.5) is 4.39 Å². The van der Waals surface area contributed by atoms with Gasteiger partial charge >= 0.3 is 0 Å². The number of hydrogen-bond acceptors (Lipinski definition) is 4. The molecule has 3 heterocycles. The van der Waals surface area contributed by atoms with Crippen LogP contribution in [0.5, 0.6) is 0 Å². The summed E-state index contributed by atoms with van der Waals surface area (Å²) < 4.78 is 17.5. The molecule has 0 aliphatic heterocycles. The summed E-state index contributed by atoms with van der Waals surface area (Å²) in [5.74, 6) is 0.173. The van der Waals surface area contributed by atoms with E-state index in [1.165, 1.54) is 12.1 Å². The van der Waals surface area contributed by atoms with Gasteiger partial charge in [-0.25, -0.2) is 19.3 Å². The summed E-state index contributed by atoms with van der Waals surface area (Å²) in [5, 5.41) is 0.369. The number of rotatable bonds is 3. The van der Waals surface area contributed by atoms with Gasteiger partial charge < -0.3 is 0 Å². The molecule has 0 bridgehead atoms. The van der Waals surface area contributed by atoms with Crippen LogP contribution in [0.3, 0.4) is 0 Å². The molecule has 0 saturated carbocycles. The normalized spacial score (nSPS) is 11.6. The SMILES string of the molecule is Cc1nc2c(c(=O)n1Cc1ccccc1)c1nc3ccccc3nc1n2-c1cccc(F)c1. The molecule has 0 N–H and O–H groups in total. The van der Waals surface area contributed by atoms with Crippen LogP contribution in [0, 0.1) is 12.7 Å². The number of halogens is 1. The number of aromatic nitrogens is 5. The van der Waals surface area contributed by atoms with Gasteiger partial charge in [0, 0.05) is 0 Å². The number of para-hydroxylation sites is 2. The second kappa shape index (κ2) is 7.34. The first kappa shape index (κ1) is 19.3. The van der Waals surface area contributed by atoms with Crippen LogP contribution in [0.1, 0.15) is 11.4 Å². The van der Waals surface area contributed by atoms with E-state index >= 15 is 0 Å². The Morgan fingerprint density at radius 1 is 0.818 bits per heavy atom. The summed E-state index contributed by atoms with van der Waals surface area (Å²) in [5.41, 5.74) is 4.03. The van der Waals surface area contributed by atoms with E-state index in [2.05, 4.69) is 0 Å². The molecule has 0 atom stereocenters. The van der Waals surface area contributed by atoms with Crippen LogP contribution in [-0.4, -0.2) is 24.1 Å². The van der Waals surface area contributed by atoms with Gasteiger partial charge in [0.05, 0.1) is 23.3 Å². The Kier molecular flexibility index (Phi) is 4.29. The Labute approximate surface area is 187 Å². The molecule has 0 fully saturated rings. The van der Waals surface area contributed by atoms with Gasteiger partial charge in [0.1, 0.15) is 22.5 Å². The summed E-state index contributed by atoms with van der Waals surface area (Å²) in [6.45, 7) is 2.19. The molecule has 0 unspecified atom stereocenters. The lowest BCUT2D eigenvalue weighted by atomic mass is 10.2. The highest BCUT2D eigenvalue weighted by Gasteiger charge is 2.22. The maximum Gasteiger partial charge on any atom is 0.265 e. The van der Waals surface area contributed by atoms with Gasteiger partial charge in [-0.1, -0.05) is 48.5 Å². The van der Waals surface area contributed by atoms with Gasteiger partial charge in [-0.05, 0) is 42.8 Å². The average Bonchev–Trinajstić information content (AvgIpc) is 3.13. The smallest absolute Gasteiger partial charge is 0.265 e. The first-order valence-electron chi connectivity index (χ1n) is 10.6. The summed E-state index contributed by atoms with van der Waals surface area (Å²) in [7, 11) is 0. The fraction of sp³-hybridized carbons (Fsp3) is 0.0769. The zero-order valence-electron chi connectivity index (χ0n) is 17.7. The molecule has 33 heavy (non-hydrogen) atoms. The molecule has 6 aromatic rings. The number of benzene rings is 3. The molecule has 0 saturated heterocycles. The Bertz CT molecular complexity index is 1740. The molecule has 0 aliphatic rings. The number of aryl methyl sites for hydroxylation is 1. The van der Waals surface area contributed by atoms with Gasteiger partial charge in [-0.3, -0.25) is 13.9 Å². The molecule has 3 aromatic carbocycles. The van der Waals surface area contributed by atoms with Crippen molar-refractivity contribution < 1.29 is 4.39 Å². The highest BCUT2D eigenvalue weighted by atomic mass is 19.1. The maximum atomic E-state index is 14.1. The minimum atomic E-state index is -0.384. The molecule has 0 aliphatic carbocycles. The standard InChI is InChI=1S/C26H18FN5O/c1-16-28-24-22(26(33)31(16)15-17-8-3-2-4-9-17)23-25(30-21-13-6-5-12-20(21)29-23)32(24)19-11-7-10-18(27)14-19/h2-14H,15H2,1H3. The third-order valence-corrected chi connectivity index (χ3v) is 5.80. The van der Waals surface area contributed by atoms with Gasteiger partial charge in [0.15, 0.2) is 11.3 Å². The van der Waals surface area contributed by atoms with Gasteiger partial charge in [0.2, 0.25) is 0 Å². The fourth-order valence-corrected chi connectivity index (χ4v) is 4.24. The lowest BCUT2D eigenvalue weighted by molar-refractivity contribution is 0.627. The van der Waals surface area contributed by atoms with Gasteiger partial charge in [0.25, 0.3) is 5.56 Å². The van der Waals surface area contributed by atoms with Crippen molar-refractivity contribution in [3.8, 4) is 5.69 Å². The Morgan fingerprint density at radius 3 is 2.30 bits per heavy atom. The second-order valence-corrected chi connectivity index (χ2v) is 7.93. The topological polar surface area (TPSA) is 65.6 Å². The van der Waals surface area contributed by atoms with Crippen molar-refractivity contribution in [2.75, 3.05) is 0 Å². The van der Waals surface area contributed by atoms with Crippen LogP contribution in [-0.2, 0) is 6.54 Å². The number of nitrogens with zero attached hydrogens (tertiary/aromatic N) is 5. The molecular formula is C26H18FN5O. The molecule has 3 aromatic heterocycles. The molecule has 0 amide bonds. The number of fused-ring (bicyclic) bond motifs is 4. The third kappa shape index (κ3) is 3.09. The summed E-state index contributed by atoms with van der Waals surface area (Å²) in [6, 6.07) is 23.4. The summed E-state index contributed by atoms with van der Waals surface area (Å²) in [4.78, 5) is 28.2. The quantitative estimate of drug-likeness (QED) is 0.401. The molecule has 0 spiro atoms.